The van der Waals surface area contributed by atoms with Crippen molar-refractivity contribution in [3.05, 3.63) is 54.1 Å². The van der Waals surface area contributed by atoms with E-state index in [9.17, 15) is 4.79 Å². The van der Waals surface area contributed by atoms with E-state index < -0.39 is 0 Å². The highest BCUT2D eigenvalue weighted by Crippen LogP contribution is 2.31. The molecule has 0 spiro atoms. The van der Waals surface area contributed by atoms with Gasteiger partial charge < -0.3 is 25.2 Å². The highest BCUT2D eigenvalue weighted by Gasteiger charge is 2.25. The predicted octanol–water partition coefficient (Wildman–Crippen LogP) is 3.56. The summed E-state index contributed by atoms with van der Waals surface area (Å²) in [5.74, 6) is 1.61. The molecule has 33 heavy (non-hydrogen) atoms. The van der Waals surface area contributed by atoms with Crippen LogP contribution in [0.1, 0.15) is 25.3 Å². The Bertz CT molecular complexity index is 950. The second-order valence-electron chi connectivity index (χ2n) is 8.33. The van der Waals surface area contributed by atoms with Gasteiger partial charge in [0.15, 0.2) is 12.6 Å². The molecule has 2 aromatic rings. The molecule has 4 rings (SSSR count). The zero-order chi connectivity index (χ0) is 22.3. The summed E-state index contributed by atoms with van der Waals surface area (Å²) < 4.78 is 5.52. The number of anilines is 2. The lowest BCUT2D eigenvalue weighted by molar-refractivity contribution is -0.121. The molecule has 8 heteroatoms. The number of benzene rings is 2. The van der Waals surface area contributed by atoms with Gasteiger partial charge in [0, 0.05) is 44.5 Å². The standard InChI is InChI=1S/C25H33N5O2.HI/c1-3-26-25(28-20-13-16-29(17-20)21-11-9-19(2)10-12-21)27-14-6-15-30-22-7-4-5-8-23(22)32-18-24(30)31;/h4-5,7-12,20H,3,6,13-18H2,1-2H3,(H2,26,27,28);1H. The summed E-state index contributed by atoms with van der Waals surface area (Å²) in [4.78, 5) is 21.3. The molecule has 0 bridgehead atoms. The fourth-order valence-corrected chi connectivity index (χ4v) is 4.20. The van der Waals surface area contributed by atoms with Crippen LogP contribution >= 0.6 is 24.0 Å². The van der Waals surface area contributed by atoms with Gasteiger partial charge in [0.25, 0.3) is 5.91 Å². The number of fused-ring (bicyclic) bond motifs is 1. The highest BCUT2D eigenvalue weighted by molar-refractivity contribution is 14.0. The molecule has 2 aliphatic rings. The third-order valence-corrected chi connectivity index (χ3v) is 5.89. The van der Waals surface area contributed by atoms with Crippen LogP contribution in [0.4, 0.5) is 11.4 Å². The monoisotopic (exact) mass is 563 g/mol. The van der Waals surface area contributed by atoms with Crippen molar-refractivity contribution >= 4 is 47.2 Å². The van der Waals surface area contributed by atoms with E-state index in [1.165, 1.54) is 11.3 Å². The van der Waals surface area contributed by atoms with E-state index in [2.05, 4.69) is 53.6 Å². The Labute approximate surface area is 213 Å². The minimum absolute atomic E-state index is 0. The number of carbonyl (C=O) groups excluding carboxylic acids is 1. The van der Waals surface area contributed by atoms with Crippen LogP contribution in [0.3, 0.4) is 0 Å². The number of halogens is 1. The van der Waals surface area contributed by atoms with Crippen molar-refractivity contribution in [1.82, 2.24) is 10.6 Å². The number of hydrogen-bond donors (Lipinski definition) is 2. The van der Waals surface area contributed by atoms with E-state index in [1.54, 1.807) is 0 Å². The number of hydrogen-bond acceptors (Lipinski definition) is 4. The highest BCUT2D eigenvalue weighted by atomic mass is 127. The van der Waals surface area contributed by atoms with Gasteiger partial charge in [-0.2, -0.15) is 0 Å². The van der Waals surface area contributed by atoms with Crippen molar-refractivity contribution in [2.75, 3.05) is 49.1 Å². The molecule has 0 saturated carbocycles. The molecule has 2 heterocycles. The maximum atomic E-state index is 12.3. The van der Waals surface area contributed by atoms with Crippen LogP contribution in [0, 0.1) is 6.92 Å². The zero-order valence-electron chi connectivity index (χ0n) is 19.4. The lowest BCUT2D eigenvalue weighted by atomic mass is 10.2. The van der Waals surface area contributed by atoms with Gasteiger partial charge in [-0.1, -0.05) is 29.8 Å². The molecule has 1 unspecified atom stereocenters. The molecule has 1 fully saturated rings. The minimum Gasteiger partial charge on any atom is -0.482 e. The van der Waals surface area contributed by atoms with Gasteiger partial charge in [-0.3, -0.25) is 9.79 Å². The van der Waals surface area contributed by atoms with Gasteiger partial charge in [0.2, 0.25) is 0 Å². The van der Waals surface area contributed by atoms with Crippen LogP contribution in [0.2, 0.25) is 0 Å². The number of ether oxygens (including phenoxy) is 1. The Morgan fingerprint density at radius 2 is 1.97 bits per heavy atom. The Morgan fingerprint density at radius 3 is 2.76 bits per heavy atom. The van der Waals surface area contributed by atoms with E-state index in [1.807, 2.05) is 29.2 Å². The third kappa shape index (κ3) is 6.52. The van der Waals surface area contributed by atoms with Gasteiger partial charge in [-0.25, -0.2) is 0 Å². The first-order valence-electron chi connectivity index (χ1n) is 11.5. The number of aryl methyl sites for hydroxylation is 1. The average Bonchev–Trinajstić information content (AvgIpc) is 3.27. The second kappa shape index (κ2) is 12.1. The molecule has 1 atom stereocenters. The number of amides is 1. The molecule has 0 radical (unpaired) electrons. The summed E-state index contributed by atoms with van der Waals surface area (Å²) in [6.45, 7) is 8.40. The number of para-hydroxylation sites is 2. The number of nitrogens with one attached hydrogen (secondary N) is 2. The second-order valence-corrected chi connectivity index (χ2v) is 8.33. The number of rotatable bonds is 7. The number of carbonyl (C=O) groups is 1. The first-order valence-corrected chi connectivity index (χ1v) is 11.5. The van der Waals surface area contributed by atoms with E-state index in [0.29, 0.717) is 19.1 Å². The summed E-state index contributed by atoms with van der Waals surface area (Å²) in [6.07, 6.45) is 1.87. The van der Waals surface area contributed by atoms with Crippen molar-refractivity contribution in [1.29, 1.82) is 0 Å². The van der Waals surface area contributed by atoms with E-state index in [4.69, 9.17) is 9.73 Å². The minimum atomic E-state index is -0.000126. The molecule has 2 aliphatic heterocycles. The largest absolute Gasteiger partial charge is 0.482 e. The SMILES string of the molecule is CCNC(=NCCCN1C(=O)COc2ccccc21)NC1CCN(c2ccc(C)cc2)C1.I. The van der Waals surface area contributed by atoms with Gasteiger partial charge in [0.05, 0.1) is 5.69 Å². The Balaban J connectivity index is 0.00000306. The van der Waals surface area contributed by atoms with Crippen LogP contribution < -0.4 is 25.2 Å². The van der Waals surface area contributed by atoms with Gasteiger partial charge >= 0.3 is 0 Å². The molecular formula is C25H34IN5O2. The van der Waals surface area contributed by atoms with Crippen molar-refractivity contribution < 1.29 is 9.53 Å². The molecule has 7 nitrogen and oxygen atoms in total. The van der Waals surface area contributed by atoms with Crippen LogP contribution in [0.15, 0.2) is 53.5 Å². The maximum Gasteiger partial charge on any atom is 0.265 e. The van der Waals surface area contributed by atoms with E-state index >= 15 is 0 Å². The average molecular weight is 563 g/mol. The van der Waals surface area contributed by atoms with E-state index in [0.717, 1.165) is 49.9 Å². The van der Waals surface area contributed by atoms with Crippen molar-refractivity contribution in [3.63, 3.8) is 0 Å². The lowest BCUT2D eigenvalue weighted by Crippen LogP contribution is -2.44. The maximum absolute atomic E-state index is 12.3. The van der Waals surface area contributed by atoms with Crippen LogP contribution in [0.25, 0.3) is 0 Å². The first kappa shape index (κ1) is 25.1. The topological polar surface area (TPSA) is 69.2 Å². The summed E-state index contributed by atoms with van der Waals surface area (Å²) in [5.41, 5.74) is 3.41. The van der Waals surface area contributed by atoms with Crippen molar-refractivity contribution in [2.24, 2.45) is 4.99 Å². The molecule has 1 amide bonds. The van der Waals surface area contributed by atoms with E-state index in [-0.39, 0.29) is 36.5 Å². The number of guanidine groups is 1. The molecular weight excluding hydrogens is 529 g/mol. The first-order chi connectivity index (χ1) is 15.6. The summed E-state index contributed by atoms with van der Waals surface area (Å²) in [7, 11) is 0. The Kier molecular flexibility index (Phi) is 9.22. The molecule has 2 aromatic carbocycles. The smallest absolute Gasteiger partial charge is 0.265 e. The summed E-state index contributed by atoms with van der Waals surface area (Å²) >= 11 is 0. The summed E-state index contributed by atoms with van der Waals surface area (Å²) in [5, 5.41) is 6.94. The number of nitrogens with zero attached hydrogens (tertiary/aromatic N) is 3. The zero-order valence-corrected chi connectivity index (χ0v) is 21.7. The van der Waals surface area contributed by atoms with Crippen LogP contribution in [-0.2, 0) is 4.79 Å². The molecule has 2 N–H and O–H groups in total. The van der Waals surface area contributed by atoms with Crippen molar-refractivity contribution in [3.8, 4) is 5.75 Å². The number of aliphatic imine (C=N–C) groups is 1. The summed E-state index contributed by atoms with van der Waals surface area (Å²) in [6, 6.07) is 16.8. The van der Waals surface area contributed by atoms with Crippen LogP contribution in [-0.4, -0.2) is 57.2 Å². The Hall–Kier alpha value is -2.49. The quantitative estimate of drug-likeness (QED) is 0.234. The molecule has 178 valence electrons. The fourth-order valence-electron chi connectivity index (χ4n) is 4.20. The van der Waals surface area contributed by atoms with Crippen molar-refractivity contribution in [2.45, 2.75) is 32.7 Å². The fraction of sp³-hybridized carbons (Fsp3) is 0.440. The van der Waals surface area contributed by atoms with Crippen LogP contribution in [0.5, 0.6) is 5.75 Å². The molecule has 1 saturated heterocycles. The third-order valence-electron chi connectivity index (χ3n) is 5.89. The van der Waals surface area contributed by atoms with Gasteiger partial charge in [0.1, 0.15) is 5.75 Å². The molecule has 0 aliphatic carbocycles. The van der Waals surface area contributed by atoms with Gasteiger partial charge in [-0.05, 0) is 51.0 Å². The molecule has 0 aromatic heterocycles. The normalized spacial score (nSPS) is 17.8. The predicted molar refractivity (Wildman–Crippen MR) is 145 cm³/mol. The van der Waals surface area contributed by atoms with Gasteiger partial charge in [-0.15, -0.1) is 24.0 Å². The Morgan fingerprint density at radius 1 is 1.18 bits per heavy atom. The lowest BCUT2D eigenvalue weighted by Gasteiger charge is -2.29.